The molecule has 1 nitrogen and oxygen atoms in total. The molecule has 0 spiro atoms. The summed E-state index contributed by atoms with van der Waals surface area (Å²) in [5.41, 5.74) is 2.19. The van der Waals surface area contributed by atoms with Crippen molar-refractivity contribution in [2.24, 2.45) is 0 Å². The van der Waals surface area contributed by atoms with Crippen molar-refractivity contribution in [2.75, 3.05) is 0 Å². The fourth-order valence-electron chi connectivity index (χ4n) is 1.85. The average Bonchev–Trinajstić information content (AvgIpc) is 2.36. The SMILES string of the molecule is C=CCc1ccc2cc(C#CC(C)O)ccc2c1. The number of aliphatic hydroxyl groups is 1. The minimum absolute atomic E-state index is 0.587. The van der Waals surface area contributed by atoms with Gasteiger partial charge in [-0.05, 0) is 41.8 Å². The summed E-state index contributed by atoms with van der Waals surface area (Å²) >= 11 is 0. The van der Waals surface area contributed by atoms with Crippen LogP contribution in [0.15, 0.2) is 49.1 Å². The lowest BCUT2D eigenvalue weighted by Crippen LogP contribution is -1.92. The van der Waals surface area contributed by atoms with Gasteiger partial charge < -0.3 is 5.11 Å². The van der Waals surface area contributed by atoms with Crippen LogP contribution in [0, 0.1) is 11.8 Å². The summed E-state index contributed by atoms with van der Waals surface area (Å²) in [5.74, 6) is 5.71. The van der Waals surface area contributed by atoms with E-state index in [9.17, 15) is 0 Å². The third-order valence-electron chi connectivity index (χ3n) is 2.71. The van der Waals surface area contributed by atoms with Crippen LogP contribution < -0.4 is 0 Å². The van der Waals surface area contributed by atoms with Crippen molar-refractivity contribution in [3.63, 3.8) is 0 Å². The molecule has 0 amide bonds. The van der Waals surface area contributed by atoms with E-state index < -0.39 is 6.10 Å². The summed E-state index contributed by atoms with van der Waals surface area (Å²) in [7, 11) is 0. The first-order valence-corrected chi connectivity index (χ1v) is 6.02. The highest BCUT2D eigenvalue weighted by molar-refractivity contribution is 5.84. The molecule has 0 radical (unpaired) electrons. The summed E-state index contributed by atoms with van der Waals surface area (Å²) < 4.78 is 0. The Balaban J connectivity index is 2.39. The van der Waals surface area contributed by atoms with Gasteiger partial charge in [-0.25, -0.2) is 0 Å². The topological polar surface area (TPSA) is 20.2 Å². The number of aliphatic hydroxyl groups excluding tert-OH is 1. The van der Waals surface area contributed by atoms with Crippen LogP contribution in [0.4, 0.5) is 0 Å². The molecule has 2 aromatic rings. The van der Waals surface area contributed by atoms with Crippen LogP contribution in [0.1, 0.15) is 18.1 Å². The molecule has 90 valence electrons. The maximum absolute atomic E-state index is 9.14. The molecule has 0 saturated heterocycles. The molecule has 2 rings (SSSR count). The summed E-state index contributed by atoms with van der Waals surface area (Å²) in [6.45, 7) is 5.41. The van der Waals surface area contributed by atoms with Crippen molar-refractivity contribution in [3.05, 3.63) is 60.2 Å². The van der Waals surface area contributed by atoms with E-state index in [2.05, 4.69) is 42.7 Å². The second-order valence-corrected chi connectivity index (χ2v) is 4.33. The van der Waals surface area contributed by atoms with Crippen LogP contribution in [0.5, 0.6) is 0 Å². The van der Waals surface area contributed by atoms with Crippen molar-refractivity contribution in [3.8, 4) is 11.8 Å². The van der Waals surface area contributed by atoms with Crippen LogP contribution in [0.2, 0.25) is 0 Å². The molecule has 1 heteroatoms. The standard InChI is InChI=1S/C17H16O/c1-3-4-14-7-9-17-12-15(6-5-13(2)18)8-10-16(17)11-14/h3,7-13,18H,1,4H2,2H3. The Morgan fingerprint density at radius 3 is 2.67 bits per heavy atom. The molecule has 1 unspecified atom stereocenters. The number of benzene rings is 2. The Bertz CT molecular complexity index is 627. The van der Waals surface area contributed by atoms with E-state index in [-0.39, 0.29) is 0 Å². The molecule has 2 aromatic carbocycles. The Kier molecular flexibility index (Phi) is 3.82. The average molecular weight is 236 g/mol. The zero-order valence-electron chi connectivity index (χ0n) is 10.5. The fourth-order valence-corrected chi connectivity index (χ4v) is 1.85. The van der Waals surface area contributed by atoms with E-state index in [0.29, 0.717) is 0 Å². The zero-order chi connectivity index (χ0) is 13.0. The number of hydrogen-bond donors (Lipinski definition) is 1. The number of hydrogen-bond acceptors (Lipinski definition) is 1. The van der Waals surface area contributed by atoms with Gasteiger partial charge in [-0.2, -0.15) is 0 Å². The third kappa shape index (κ3) is 3.00. The van der Waals surface area contributed by atoms with Crippen molar-refractivity contribution >= 4 is 10.8 Å². The van der Waals surface area contributed by atoms with Gasteiger partial charge in [0, 0.05) is 5.56 Å². The van der Waals surface area contributed by atoms with Gasteiger partial charge in [0.1, 0.15) is 6.10 Å². The molecule has 0 fully saturated rings. The molecule has 0 bridgehead atoms. The second kappa shape index (κ2) is 5.53. The van der Waals surface area contributed by atoms with Gasteiger partial charge in [-0.3, -0.25) is 0 Å². The quantitative estimate of drug-likeness (QED) is 0.626. The molecular weight excluding hydrogens is 220 g/mol. The maximum Gasteiger partial charge on any atom is 0.112 e. The first kappa shape index (κ1) is 12.4. The molecule has 0 aromatic heterocycles. The lowest BCUT2D eigenvalue weighted by atomic mass is 10.0. The highest BCUT2D eigenvalue weighted by atomic mass is 16.3. The molecule has 1 atom stereocenters. The number of fused-ring (bicyclic) bond motifs is 1. The van der Waals surface area contributed by atoms with Crippen LogP contribution in [0.3, 0.4) is 0 Å². The molecule has 0 aliphatic rings. The summed E-state index contributed by atoms with van der Waals surface area (Å²) in [6, 6.07) is 12.5. The van der Waals surface area contributed by atoms with E-state index in [1.54, 1.807) is 6.92 Å². The lowest BCUT2D eigenvalue weighted by Gasteiger charge is -2.02. The normalized spacial score (nSPS) is 11.7. The van der Waals surface area contributed by atoms with Gasteiger partial charge in [0.15, 0.2) is 0 Å². The van der Waals surface area contributed by atoms with E-state index in [4.69, 9.17) is 5.11 Å². The van der Waals surface area contributed by atoms with Gasteiger partial charge in [-0.1, -0.05) is 42.2 Å². The van der Waals surface area contributed by atoms with Crippen LogP contribution in [-0.4, -0.2) is 11.2 Å². The molecule has 18 heavy (non-hydrogen) atoms. The zero-order valence-corrected chi connectivity index (χ0v) is 10.5. The Labute approximate surface area is 108 Å². The van der Waals surface area contributed by atoms with Crippen LogP contribution >= 0.6 is 0 Å². The van der Waals surface area contributed by atoms with E-state index in [1.807, 2.05) is 18.2 Å². The largest absolute Gasteiger partial charge is 0.381 e. The van der Waals surface area contributed by atoms with E-state index in [0.717, 1.165) is 12.0 Å². The van der Waals surface area contributed by atoms with Gasteiger partial charge >= 0.3 is 0 Å². The lowest BCUT2D eigenvalue weighted by molar-refractivity contribution is 0.253. The highest BCUT2D eigenvalue weighted by Gasteiger charge is 1.97. The predicted octanol–water partition coefficient (Wildman–Crippen LogP) is 3.30. The van der Waals surface area contributed by atoms with Crippen molar-refractivity contribution in [1.82, 2.24) is 0 Å². The van der Waals surface area contributed by atoms with Gasteiger partial charge in [0.2, 0.25) is 0 Å². The van der Waals surface area contributed by atoms with Crippen LogP contribution in [0.25, 0.3) is 10.8 Å². The Morgan fingerprint density at radius 1 is 1.22 bits per heavy atom. The molecule has 0 heterocycles. The van der Waals surface area contributed by atoms with Gasteiger partial charge in [0.25, 0.3) is 0 Å². The number of rotatable bonds is 2. The Morgan fingerprint density at radius 2 is 1.94 bits per heavy atom. The van der Waals surface area contributed by atoms with Gasteiger partial charge in [-0.15, -0.1) is 6.58 Å². The summed E-state index contributed by atoms with van der Waals surface area (Å²) in [6.07, 6.45) is 2.21. The smallest absolute Gasteiger partial charge is 0.112 e. The molecule has 0 aliphatic carbocycles. The van der Waals surface area contributed by atoms with Gasteiger partial charge in [0.05, 0.1) is 0 Å². The summed E-state index contributed by atoms with van der Waals surface area (Å²) in [4.78, 5) is 0. The first-order valence-electron chi connectivity index (χ1n) is 6.02. The van der Waals surface area contributed by atoms with E-state index >= 15 is 0 Å². The predicted molar refractivity (Wildman–Crippen MR) is 76.4 cm³/mol. The second-order valence-electron chi connectivity index (χ2n) is 4.33. The first-order chi connectivity index (χ1) is 8.69. The van der Waals surface area contributed by atoms with E-state index in [1.165, 1.54) is 16.3 Å². The Hall–Kier alpha value is -2.04. The monoisotopic (exact) mass is 236 g/mol. The van der Waals surface area contributed by atoms with Crippen molar-refractivity contribution < 1.29 is 5.11 Å². The molecule has 1 N–H and O–H groups in total. The highest BCUT2D eigenvalue weighted by Crippen LogP contribution is 2.18. The molecule has 0 saturated carbocycles. The van der Waals surface area contributed by atoms with Crippen molar-refractivity contribution in [1.29, 1.82) is 0 Å². The fraction of sp³-hybridized carbons (Fsp3) is 0.176. The number of allylic oxidation sites excluding steroid dienone is 1. The summed E-state index contributed by atoms with van der Waals surface area (Å²) in [5, 5.41) is 11.5. The van der Waals surface area contributed by atoms with Crippen molar-refractivity contribution in [2.45, 2.75) is 19.4 Å². The molecular formula is C17H16O. The third-order valence-corrected chi connectivity index (χ3v) is 2.71. The molecule has 0 aliphatic heterocycles. The minimum atomic E-state index is -0.587. The van der Waals surface area contributed by atoms with Crippen LogP contribution in [-0.2, 0) is 6.42 Å². The maximum atomic E-state index is 9.14. The minimum Gasteiger partial charge on any atom is -0.381 e.